The third kappa shape index (κ3) is 7.79. The minimum Gasteiger partial charge on any atom is -0.438 e. The van der Waals surface area contributed by atoms with Crippen molar-refractivity contribution >= 4 is 36.0 Å². The number of aryl methyl sites for hydroxylation is 2. The van der Waals surface area contributed by atoms with Crippen LogP contribution in [-0.4, -0.2) is 73.2 Å². The van der Waals surface area contributed by atoms with Crippen molar-refractivity contribution < 1.29 is 9.47 Å². The molecule has 0 saturated heterocycles. The van der Waals surface area contributed by atoms with Crippen LogP contribution < -0.4 is 9.47 Å². The summed E-state index contributed by atoms with van der Waals surface area (Å²) >= 11 is 3.08. The van der Waals surface area contributed by atoms with Gasteiger partial charge in [0.2, 0.25) is 22.1 Å². The molecule has 62 heavy (non-hydrogen) atoms. The van der Waals surface area contributed by atoms with Crippen LogP contribution in [0.5, 0.6) is 23.3 Å². The van der Waals surface area contributed by atoms with E-state index in [1.54, 1.807) is 31.1 Å². The van der Waals surface area contributed by atoms with Crippen molar-refractivity contribution in [2.75, 3.05) is 11.5 Å². The van der Waals surface area contributed by atoms with Gasteiger partial charge in [0.25, 0.3) is 0 Å². The second kappa shape index (κ2) is 17.2. The molecule has 2 aliphatic heterocycles. The number of hydrogen-bond acceptors (Lipinski definition) is 12. The Kier molecular flexibility index (Phi) is 10.7. The molecule has 0 aliphatic carbocycles. The molecular formula is C46H36N12O2S2. The second-order valence-corrected chi connectivity index (χ2v) is 16.1. The second-order valence-electron chi connectivity index (χ2n) is 13.9. The van der Waals surface area contributed by atoms with E-state index in [0.717, 1.165) is 33.9 Å². The molecule has 0 N–H and O–H groups in total. The predicted octanol–water partition coefficient (Wildman–Crippen LogP) is 9.74. The van der Waals surface area contributed by atoms with Crippen molar-refractivity contribution in [3.8, 4) is 57.4 Å². The first-order chi connectivity index (χ1) is 30.6. The number of para-hydroxylation sites is 2. The minimum absolute atomic E-state index is 0.489. The first kappa shape index (κ1) is 38.6. The van der Waals surface area contributed by atoms with E-state index in [1.165, 1.54) is 23.5 Å². The molecule has 9 aromatic rings. The van der Waals surface area contributed by atoms with E-state index in [-0.39, 0.29) is 0 Å². The third-order valence-corrected chi connectivity index (χ3v) is 11.9. The van der Waals surface area contributed by atoms with Gasteiger partial charge in [-0.25, -0.2) is 0 Å². The predicted molar refractivity (Wildman–Crippen MR) is 242 cm³/mol. The van der Waals surface area contributed by atoms with Crippen molar-refractivity contribution in [2.24, 2.45) is 10.2 Å². The number of fused-ring (bicyclic) bond motifs is 5. The fourth-order valence-corrected chi connectivity index (χ4v) is 8.51. The van der Waals surface area contributed by atoms with Crippen molar-refractivity contribution in [3.63, 3.8) is 0 Å². The van der Waals surface area contributed by atoms with Gasteiger partial charge in [0.05, 0.1) is 46.3 Å². The molecule has 2 bridgehead atoms. The van der Waals surface area contributed by atoms with E-state index < -0.39 is 0 Å². The Balaban J connectivity index is 1.11. The highest BCUT2D eigenvalue weighted by Gasteiger charge is 2.23. The van der Waals surface area contributed by atoms with Crippen LogP contribution in [0.3, 0.4) is 0 Å². The van der Waals surface area contributed by atoms with Crippen LogP contribution in [0.1, 0.15) is 22.5 Å². The Morgan fingerprint density at radius 3 is 1.21 bits per heavy atom. The van der Waals surface area contributed by atoms with E-state index in [1.807, 2.05) is 159 Å². The fraction of sp³-hybridized carbons (Fsp3) is 0.0870. The molecule has 0 saturated carbocycles. The maximum Gasteiger partial charge on any atom is 0.231 e. The quantitative estimate of drug-likeness (QED) is 0.168. The number of rotatable bonds is 4. The molecule has 16 heteroatoms. The van der Waals surface area contributed by atoms with Gasteiger partial charge in [-0.3, -0.25) is 0 Å². The summed E-state index contributed by atoms with van der Waals surface area (Å²) < 4.78 is 20.5. The van der Waals surface area contributed by atoms with E-state index in [9.17, 15) is 0 Å². The van der Waals surface area contributed by atoms with Gasteiger partial charge < -0.3 is 9.47 Å². The lowest BCUT2D eigenvalue weighted by molar-refractivity contribution is 0.432. The highest BCUT2D eigenvalue weighted by atomic mass is 32.2. The van der Waals surface area contributed by atoms with Gasteiger partial charge in [-0.2, -0.15) is 39.1 Å². The van der Waals surface area contributed by atoms with Gasteiger partial charge >= 0.3 is 0 Å². The summed E-state index contributed by atoms with van der Waals surface area (Å²) in [5.41, 5.74) is 6.25. The Morgan fingerprint density at radius 2 is 0.823 bits per heavy atom. The lowest BCUT2D eigenvalue weighted by atomic mass is 10.2. The van der Waals surface area contributed by atoms with Crippen molar-refractivity contribution in [1.82, 2.24) is 49.3 Å². The summed E-state index contributed by atoms with van der Waals surface area (Å²) in [6.45, 7) is 3.87. The highest BCUT2D eigenvalue weighted by molar-refractivity contribution is 8.02. The molecule has 11 rings (SSSR count). The first-order valence-electron chi connectivity index (χ1n) is 19.7. The molecular weight excluding hydrogens is 817 g/mol. The summed E-state index contributed by atoms with van der Waals surface area (Å²) in [4.78, 5) is 0. The van der Waals surface area contributed by atoms with Crippen LogP contribution in [0.4, 0.5) is 0 Å². The Morgan fingerprint density at radius 1 is 0.452 bits per heavy atom. The number of hydrogen-bond donors (Lipinski definition) is 0. The number of ether oxygens (including phenoxy) is 2. The molecule has 2 aliphatic rings. The van der Waals surface area contributed by atoms with Crippen LogP contribution in [-0.2, 0) is 0 Å². The normalized spacial score (nSPS) is 13.9. The molecule has 0 unspecified atom stereocenters. The number of benzene rings is 5. The molecule has 0 amide bonds. The molecule has 0 radical (unpaired) electrons. The van der Waals surface area contributed by atoms with Gasteiger partial charge in [-0.15, -0.1) is 20.4 Å². The summed E-state index contributed by atoms with van der Waals surface area (Å²) in [5, 5.41) is 39.5. The molecule has 6 heterocycles. The Bertz CT molecular complexity index is 2830. The van der Waals surface area contributed by atoms with Crippen LogP contribution in [0.2, 0.25) is 0 Å². The monoisotopic (exact) mass is 852 g/mol. The SMILES string of the molecule is Cc1nn(-c2ccccc2)c2c1/C=N/n1c(nnc1-c1ccccc1)SCCSc1nnc(-c3ccccc3)n1/N=C/c1c(C)nn(-c3ccccc3)c1Oc1ccc(cc1)O2. The molecule has 304 valence electrons. The average Bonchev–Trinajstić information content (AvgIpc) is 4.08. The molecule has 0 fully saturated rings. The minimum atomic E-state index is 0.489. The molecule has 14 nitrogen and oxygen atoms in total. The van der Waals surface area contributed by atoms with Crippen molar-refractivity contribution in [1.29, 1.82) is 0 Å². The standard InChI is InChI=1S/C46H36N12O2S2/c1-31-39-29-47-57-41(33-15-7-3-8-16-33)49-51-45(57)61-27-28-62-46-52-50-42(34-17-9-4-10-18-34)58(46)48-30-40-32(2)54-56(36-21-13-6-14-22-36)44(40)60-38-25-23-37(24-26-38)59-43(39)55(53-31)35-19-11-5-12-20-35/h3-26,29-30H,27-28H2,1-2H3/b47-29+,48-30+. The maximum atomic E-state index is 6.71. The van der Waals surface area contributed by atoms with Gasteiger partial charge in [0.1, 0.15) is 11.5 Å². The van der Waals surface area contributed by atoms with E-state index >= 15 is 0 Å². The van der Waals surface area contributed by atoms with Crippen molar-refractivity contribution in [3.05, 3.63) is 168 Å². The zero-order valence-electron chi connectivity index (χ0n) is 33.4. The van der Waals surface area contributed by atoms with Gasteiger partial charge in [0, 0.05) is 22.6 Å². The zero-order valence-corrected chi connectivity index (χ0v) is 35.1. The summed E-state index contributed by atoms with van der Waals surface area (Å²) in [6.07, 6.45) is 3.52. The van der Waals surface area contributed by atoms with Crippen molar-refractivity contribution in [2.45, 2.75) is 24.2 Å². The molecule has 0 atom stereocenters. The maximum absolute atomic E-state index is 6.71. The van der Waals surface area contributed by atoms with Crippen LogP contribution in [0.15, 0.2) is 166 Å². The third-order valence-electron chi connectivity index (χ3n) is 9.82. The number of thioether (sulfide) groups is 2. The molecule has 0 spiro atoms. The molecule has 5 aromatic carbocycles. The average molecular weight is 853 g/mol. The Labute approximate surface area is 364 Å². The highest BCUT2D eigenvalue weighted by Crippen LogP contribution is 2.35. The summed E-state index contributed by atoms with van der Waals surface area (Å²) in [7, 11) is 0. The van der Waals surface area contributed by atoms with Gasteiger partial charge in [-0.05, 0) is 62.4 Å². The Hall–Kier alpha value is -7.56. The fourth-order valence-electron chi connectivity index (χ4n) is 6.77. The first-order valence-corrected chi connectivity index (χ1v) is 21.7. The van der Waals surface area contributed by atoms with E-state index in [4.69, 9.17) is 29.9 Å². The van der Waals surface area contributed by atoms with Crippen LogP contribution in [0.25, 0.3) is 34.2 Å². The zero-order chi connectivity index (χ0) is 41.8. The van der Waals surface area contributed by atoms with E-state index in [0.29, 0.717) is 67.9 Å². The topological polar surface area (TPSA) is 140 Å². The van der Waals surface area contributed by atoms with E-state index in [2.05, 4.69) is 20.4 Å². The van der Waals surface area contributed by atoms with Gasteiger partial charge in [-0.1, -0.05) is 121 Å². The lowest BCUT2D eigenvalue weighted by Gasteiger charge is -2.13. The van der Waals surface area contributed by atoms with Crippen LogP contribution in [0, 0.1) is 13.8 Å². The lowest BCUT2D eigenvalue weighted by Crippen LogP contribution is -2.02. The largest absolute Gasteiger partial charge is 0.438 e. The number of nitrogens with zero attached hydrogens (tertiary/aromatic N) is 12. The van der Waals surface area contributed by atoms with Gasteiger partial charge in [0.15, 0.2) is 11.6 Å². The number of aromatic nitrogens is 10. The van der Waals surface area contributed by atoms with Crippen LogP contribution >= 0.6 is 23.5 Å². The summed E-state index contributed by atoms with van der Waals surface area (Å²) in [5.74, 6) is 4.62. The summed E-state index contributed by atoms with van der Waals surface area (Å²) in [6, 6.07) is 46.9. The smallest absolute Gasteiger partial charge is 0.231 e. The molecule has 4 aromatic heterocycles.